The predicted molar refractivity (Wildman–Crippen MR) is 74.8 cm³/mol. The number of aromatic nitrogens is 2. The number of rotatable bonds is 4. The van der Waals surface area contributed by atoms with Gasteiger partial charge in [0.15, 0.2) is 5.03 Å². The van der Waals surface area contributed by atoms with Gasteiger partial charge in [0.05, 0.1) is 17.3 Å². The van der Waals surface area contributed by atoms with E-state index in [4.69, 9.17) is 11.6 Å². The second-order valence-corrected chi connectivity index (χ2v) is 6.45. The van der Waals surface area contributed by atoms with E-state index in [2.05, 4.69) is 14.7 Å². The van der Waals surface area contributed by atoms with Gasteiger partial charge in [0.25, 0.3) is 10.0 Å². The highest BCUT2D eigenvalue weighted by molar-refractivity contribution is 7.92. The highest BCUT2D eigenvalue weighted by Gasteiger charge is 2.19. The lowest BCUT2D eigenvalue weighted by Gasteiger charge is -2.12. The first-order chi connectivity index (χ1) is 8.90. The van der Waals surface area contributed by atoms with Gasteiger partial charge in [-0.3, -0.25) is 4.72 Å². The summed E-state index contributed by atoms with van der Waals surface area (Å²) in [5.74, 6) is 0.541. The van der Waals surface area contributed by atoms with E-state index in [9.17, 15) is 8.42 Å². The normalized spacial score (nSPS) is 13.2. The van der Waals surface area contributed by atoms with Gasteiger partial charge in [-0.2, -0.15) is 8.42 Å². The second-order valence-electron chi connectivity index (χ2n) is 4.14. The molecule has 7 heteroatoms. The molecule has 0 saturated heterocycles. The molecule has 0 radical (unpaired) electrons. The summed E-state index contributed by atoms with van der Waals surface area (Å²) < 4.78 is 26.8. The van der Waals surface area contributed by atoms with Gasteiger partial charge in [-0.15, -0.1) is 11.6 Å². The van der Waals surface area contributed by atoms with Crippen molar-refractivity contribution in [3.8, 4) is 0 Å². The average Bonchev–Trinajstić information content (AvgIpc) is 2.76. The molecule has 0 amide bonds. The summed E-state index contributed by atoms with van der Waals surface area (Å²) >= 11 is 6.03. The van der Waals surface area contributed by atoms with Crippen LogP contribution in [-0.4, -0.2) is 18.4 Å². The lowest BCUT2D eigenvalue weighted by molar-refractivity contribution is 0.598. The molecular weight excluding hydrogens is 286 g/mol. The number of para-hydroxylation sites is 1. The van der Waals surface area contributed by atoms with Gasteiger partial charge in [-0.1, -0.05) is 18.2 Å². The van der Waals surface area contributed by atoms with Crippen LogP contribution in [0.15, 0.2) is 35.5 Å². The first-order valence-electron chi connectivity index (χ1n) is 5.67. The maximum absolute atomic E-state index is 12.2. The van der Waals surface area contributed by atoms with E-state index in [-0.39, 0.29) is 10.4 Å². The van der Waals surface area contributed by atoms with E-state index < -0.39 is 10.0 Å². The SMILES string of the molecule is Cc1ncc(S(=O)(=O)Nc2ccccc2C(C)Cl)[nH]1. The monoisotopic (exact) mass is 299 g/mol. The minimum Gasteiger partial charge on any atom is -0.332 e. The van der Waals surface area contributed by atoms with Crippen molar-refractivity contribution in [2.75, 3.05) is 4.72 Å². The zero-order chi connectivity index (χ0) is 14.0. The molecule has 102 valence electrons. The molecule has 1 aromatic carbocycles. The average molecular weight is 300 g/mol. The van der Waals surface area contributed by atoms with Crippen molar-refractivity contribution in [2.24, 2.45) is 0 Å². The Labute approximate surface area is 117 Å². The number of benzene rings is 1. The van der Waals surface area contributed by atoms with Gasteiger partial charge in [0.1, 0.15) is 5.82 Å². The number of imidazole rings is 1. The smallest absolute Gasteiger partial charge is 0.278 e. The maximum Gasteiger partial charge on any atom is 0.278 e. The highest BCUT2D eigenvalue weighted by Crippen LogP contribution is 2.28. The van der Waals surface area contributed by atoms with Crippen LogP contribution in [0.1, 0.15) is 23.7 Å². The summed E-state index contributed by atoms with van der Waals surface area (Å²) in [7, 11) is -3.68. The maximum atomic E-state index is 12.2. The van der Waals surface area contributed by atoms with Crippen LogP contribution in [0.25, 0.3) is 0 Å². The van der Waals surface area contributed by atoms with E-state index in [0.717, 1.165) is 5.56 Å². The van der Waals surface area contributed by atoms with E-state index >= 15 is 0 Å². The molecule has 0 saturated carbocycles. The van der Waals surface area contributed by atoms with Gasteiger partial charge < -0.3 is 4.98 Å². The Bertz CT molecular complexity index is 680. The Morgan fingerprint density at radius 2 is 2.05 bits per heavy atom. The van der Waals surface area contributed by atoms with Gasteiger partial charge in [0, 0.05) is 0 Å². The first-order valence-corrected chi connectivity index (χ1v) is 7.59. The minimum atomic E-state index is -3.68. The van der Waals surface area contributed by atoms with Crippen molar-refractivity contribution in [3.05, 3.63) is 41.9 Å². The molecule has 1 heterocycles. The molecule has 1 aromatic heterocycles. The van der Waals surface area contributed by atoms with Crippen molar-refractivity contribution in [1.82, 2.24) is 9.97 Å². The van der Waals surface area contributed by atoms with Crippen LogP contribution in [0.4, 0.5) is 5.69 Å². The lowest BCUT2D eigenvalue weighted by Crippen LogP contribution is -2.14. The van der Waals surface area contributed by atoms with Gasteiger partial charge in [-0.05, 0) is 25.5 Å². The molecule has 2 aromatic rings. The Balaban J connectivity index is 2.36. The first kappa shape index (κ1) is 13.9. The van der Waals surface area contributed by atoms with Crippen LogP contribution in [0.5, 0.6) is 0 Å². The van der Waals surface area contributed by atoms with Crippen LogP contribution in [0, 0.1) is 6.92 Å². The van der Waals surface area contributed by atoms with E-state index in [1.165, 1.54) is 6.20 Å². The number of anilines is 1. The van der Waals surface area contributed by atoms with Crippen molar-refractivity contribution in [3.63, 3.8) is 0 Å². The lowest BCUT2D eigenvalue weighted by atomic mass is 10.1. The Morgan fingerprint density at radius 3 is 2.63 bits per heavy atom. The number of hydrogen-bond donors (Lipinski definition) is 2. The number of H-pyrrole nitrogens is 1. The fourth-order valence-electron chi connectivity index (χ4n) is 1.67. The highest BCUT2D eigenvalue weighted by atomic mass is 35.5. The van der Waals surface area contributed by atoms with Gasteiger partial charge >= 0.3 is 0 Å². The molecule has 2 N–H and O–H groups in total. The Kier molecular flexibility index (Phi) is 3.82. The molecule has 2 rings (SSSR count). The Hall–Kier alpha value is -1.53. The summed E-state index contributed by atoms with van der Waals surface area (Å²) in [6.07, 6.45) is 1.28. The molecule has 1 unspecified atom stereocenters. The van der Waals surface area contributed by atoms with E-state index in [0.29, 0.717) is 11.5 Å². The molecule has 0 aliphatic heterocycles. The van der Waals surface area contributed by atoms with Gasteiger partial charge in [0.2, 0.25) is 0 Å². The zero-order valence-electron chi connectivity index (χ0n) is 10.5. The molecule has 19 heavy (non-hydrogen) atoms. The number of hydrogen-bond acceptors (Lipinski definition) is 3. The fraction of sp³-hybridized carbons (Fsp3) is 0.250. The molecule has 1 atom stereocenters. The molecule has 0 fully saturated rings. The number of nitrogens with one attached hydrogen (secondary N) is 2. The van der Waals surface area contributed by atoms with Crippen LogP contribution < -0.4 is 4.72 Å². The van der Waals surface area contributed by atoms with Crippen LogP contribution >= 0.6 is 11.6 Å². The van der Waals surface area contributed by atoms with Crippen molar-refractivity contribution in [2.45, 2.75) is 24.3 Å². The van der Waals surface area contributed by atoms with E-state index in [1.807, 2.05) is 6.07 Å². The van der Waals surface area contributed by atoms with Crippen LogP contribution in [-0.2, 0) is 10.0 Å². The summed E-state index contributed by atoms with van der Waals surface area (Å²) in [5.41, 5.74) is 1.20. The number of aryl methyl sites for hydroxylation is 1. The van der Waals surface area contributed by atoms with Gasteiger partial charge in [-0.25, -0.2) is 4.98 Å². The molecule has 0 aliphatic rings. The molecule has 0 spiro atoms. The summed E-state index contributed by atoms with van der Waals surface area (Å²) in [5, 5.41) is -0.260. The van der Waals surface area contributed by atoms with E-state index in [1.54, 1.807) is 32.0 Å². The standard InChI is InChI=1S/C12H14ClN3O2S/c1-8(13)10-5-3-4-6-11(10)16-19(17,18)12-7-14-9(2)15-12/h3-8,16H,1-2H3,(H,14,15). The molecular formula is C12H14ClN3O2S. The van der Waals surface area contributed by atoms with Crippen molar-refractivity contribution >= 4 is 27.3 Å². The quantitative estimate of drug-likeness (QED) is 0.852. The summed E-state index contributed by atoms with van der Waals surface area (Å²) in [6.45, 7) is 3.48. The second kappa shape index (κ2) is 5.22. The van der Waals surface area contributed by atoms with Crippen molar-refractivity contribution < 1.29 is 8.42 Å². The number of nitrogens with zero attached hydrogens (tertiary/aromatic N) is 1. The third-order valence-electron chi connectivity index (χ3n) is 2.60. The molecule has 0 aliphatic carbocycles. The number of aromatic amines is 1. The fourth-order valence-corrected chi connectivity index (χ4v) is 2.92. The van der Waals surface area contributed by atoms with Crippen LogP contribution in [0.2, 0.25) is 0 Å². The zero-order valence-corrected chi connectivity index (χ0v) is 12.1. The molecule has 5 nitrogen and oxygen atoms in total. The molecule has 0 bridgehead atoms. The number of alkyl halides is 1. The third kappa shape index (κ3) is 3.08. The van der Waals surface area contributed by atoms with Crippen LogP contribution in [0.3, 0.4) is 0 Å². The minimum absolute atomic E-state index is 0.0297. The topological polar surface area (TPSA) is 74.8 Å². The third-order valence-corrected chi connectivity index (χ3v) is 4.11. The summed E-state index contributed by atoms with van der Waals surface area (Å²) in [6, 6.07) is 7.02. The number of sulfonamides is 1. The largest absolute Gasteiger partial charge is 0.332 e. The predicted octanol–water partition coefficient (Wildman–Crippen LogP) is 2.82. The summed E-state index contributed by atoms with van der Waals surface area (Å²) in [4.78, 5) is 6.57. The Morgan fingerprint density at radius 1 is 1.37 bits per heavy atom. The van der Waals surface area contributed by atoms with Crippen molar-refractivity contribution in [1.29, 1.82) is 0 Å². The number of halogens is 1.